The molecule has 0 unspecified atom stereocenters. The molecule has 0 amide bonds. The Bertz CT molecular complexity index is 254. The van der Waals surface area contributed by atoms with Gasteiger partial charge in [-0.25, -0.2) is 4.98 Å². The minimum Gasteiger partial charge on any atom is -0.299 e. The summed E-state index contributed by atoms with van der Waals surface area (Å²) < 4.78 is 0. The molecule has 0 saturated carbocycles. The lowest BCUT2D eigenvalue weighted by Gasteiger charge is -2.30. The van der Waals surface area contributed by atoms with Crippen LogP contribution in [0.1, 0.15) is 12.0 Å². The number of likely N-dealkylation sites (tertiary alicyclic amines) is 1. The first-order valence-corrected chi connectivity index (χ1v) is 4.55. The van der Waals surface area contributed by atoms with Gasteiger partial charge in [-0.2, -0.15) is 0 Å². The number of pyridine rings is 1. The second kappa shape index (κ2) is 3.42. The van der Waals surface area contributed by atoms with Crippen molar-refractivity contribution in [3.8, 4) is 0 Å². The number of hydrogen-bond acceptors (Lipinski definition) is 2. The molecule has 1 aliphatic heterocycles. The summed E-state index contributed by atoms with van der Waals surface area (Å²) >= 11 is 5.67. The molecule has 0 bridgehead atoms. The lowest BCUT2D eigenvalue weighted by Crippen LogP contribution is -2.36. The van der Waals surface area contributed by atoms with E-state index >= 15 is 0 Å². The van der Waals surface area contributed by atoms with E-state index in [1.165, 1.54) is 25.1 Å². The molecule has 64 valence electrons. The largest absolute Gasteiger partial charge is 0.299 e. The number of aromatic nitrogens is 1. The van der Waals surface area contributed by atoms with Crippen LogP contribution in [0.4, 0.5) is 0 Å². The molecular formula is C9H11ClN2. The first kappa shape index (κ1) is 8.02. The Kier molecular flexibility index (Phi) is 2.28. The maximum Gasteiger partial charge on any atom is 0.129 e. The van der Waals surface area contributed by atoms with E-state index < -0.39 is 0 Å². The lowest BCUT2D eigenvalue weighted by atomic mass is 10.2. The van der Waals surface area contributed by atoms with Gasteiger partial charge in [0, 0.05) is 12.7 Å². The summed E-state index contributed by atoms with van der Waals surface area (Å²) in [6, 6.07) is 3.88. The van der Waals surface area contributed by atoms with Crippen LogP contribution in [0.3, 0.4) is 0 Å². The monoisotopic (exact) mass is 182 g/mol. The van der Waals surface area contributed by atoms with Gasteiger partial charge in [0.1, 0.15) is 5.15 Å². The summed E-state index contributed by atoms with van der Waals surface area (Å²) in [7, 11) is 0. The van der Waals surface area contributed by atoms with Crippen molar-refractivity contribution >= 4 is 11.6 Å². The number of halogens is 1. The van der Waals surface area contributed by atoms with Gasteiger partial charge >= 0.3 is 0 Å². The predicted octanol–water partition coefficient (Wildman–Crippen LogP) is 1.94. The molecule has 0 atom stereocenters. The molecular weight excluding hydrogens is 172 g/mol. The lowest BCUT2D eigenvalue weighted by molar-refractivity contribution is 0.172. The third-order valence-electron chi connectivity index (χ3n) is 2.14. The normalized spacial score (nSPS) is 17.4. The van der Waals surface area contributed by atoms with Crippen molar-refractivity contribution in [3.05, 3.63) is 29.0 Å². The van der Waals surface area contributed by atoms with Crippen LogP contribution in [-0.2, 0) is 6.54 Å². The maximum absolute atomic E-state index is 5.67. The van der Waals surface area contributed by atoms with Crippen LogP contribution in [0, 0.1) is 0 Å². The van der Waals surface area contributed by atoms with Crippen molar-refractivity contribution in [2.75, 3.05) is 13.1 Å². The molecule has 1 aromatic rings. The maximum atomic E-state index is 5.67. The Hall–Kier alpha value is -0.600. The summed E-state index contributed by atoms with van der Waals surface area (Å²) in [5.41, 5.74) is 1.25. The van der Waals surface area contributed by atoms with Crippen LogP contribution >= 0.6 is 11.6 Å². The quantitative estimate of drug-likeness (QED) is 0.650. The van der Waals surface area contributed by atoms with E-state index in [1.807, 2.05) is 18.3 Å². The van der Waals surface area contributed by atoms with Gasteiger partial charge in [0.15, 0.2) is 0 Å². The van der Waals surface area contributed by atoms with Crippen molar-refractivity contribution in [3.63, 3.8) is 0 Å². The highest BCUT2D eigenvalue weighted by Crippen LogP contribution is 2.12. The van der Waals surface area contributed by atoms with Gasteiger partial charge < -0.3 is 0 Å². The van der Waals surface area contributed by atoms with E-state index in [1.54, 1.807) is 0 Å². The molecule has 0 N–H and O–H groups in total. The molecule has 3 heteroatoms. The first-order valence-electron chi connectivity index (χ1n) is 4.17. The average Bonchev–Trinajstić information content (AvgIpc) is 2.00. The molecule has 1 aromatic heterocycles. The Morgan fingerprint density at radius 3 is 2.75 bits per heavy atom. The van der Waals surface area contributed by atoms with Crippen LogP contribution < -0.4 is 0 Å². The summed E-state index contributed by atoms with van der Waals surface area (Å²) in [5, 5.41) is 0.572. The van der Waals surface area contributed by atoms with Crippen molar-refractivity contribution in [1.29, 1.82) is 0 Å². The van der Waals surface area contributed by atoms with Crippen LogP contribution in [0.2, 0.25) is 5.15 Å². The van der Waals surface area contributed by atoms with Gasteiger partial charge in [0.25, 0.3) is 0 Å². The third kappa shape index (κ3) is 1.76. The van der Waals surface area contributed by atoms with Gasteiger partial charge in [-0.3, -0.25) is 4.90 Å². The second-order valence-electron chi connectivity index (χ2n) is 3.12. The molecule has 2 rings (SSSR count). The Balaban J connectivity index is 1.98. The standard InChI is InChI=1S/C9H11ClN2/c10-9-3-2-8(6-11-9)7-12-4-1-5-12/h2-3,6H,1,4-5,7H2. The van der Waals surface area contributed by atoms with E-state index in [9.17, 15) is 0 Å². The van der Waals surface area contributed by atoms with Crippen LogP contribution in [-0.4, -0.2) is 23.0 Å². The van der Waals surface area contributed by atoms with E-state index in [4.69, 9.17) is 11.6 Å². The van der Waals surface area contributed by atoms with E-state index in [0.717, 1.165) is 6.54 Å². The zero-order valence-corrected chi connectivity index (χ0v) is 7.59. The molecule has 2 heterocycles. The fourth-order valence-electron chi connectivity index (χ4n) is 1.30. The topological polar surface area (TPSA) is 16.1 Å². The van der Waals surface area contributed by atoms with Crippen molar-refractivity contribution in [2.24, 2.45) is 0 Å². The molecule has 0 radical (unpaired) electrons. The highest BCUT2D eigenvalue weighted by Gasteiger charge is 2.13. The van der Waals surface area contributed by atoms with Gasteiger partial charge in [-0.15, -0.1) is 0 Å². The van der Waals surface area contributed by atoms with Crippen LogP contribution in [0.25, 0.3) is 0 Å². The highest BCUT2D eigenvalue weighted by atomic mass is 35.5. The average molecular weight is 183 g/mol. The third-order valence-corrected chi connectivity index (χ3v) is 2.37. The Morgan fingerprint density at radius 1 is 1.42 bits per heavy atom. The highest BCUT2D eigenvalue weighted by molar-refractivity contribution is 6.29. The van der Waals surface area contributed by atoms with Gasteiger partial charge in [-0.05, 0) is 31.1 Å². The van der Waals surface area contributed by atoms with Gasteiger partial charge in [0.2, 0.25) is 0 Å². The van der Waals surface area contributed by atoms with Crippen LogP contribution in [0.15, 0.2) is 18.3 Å². The van der Waals surface area contributed by atoms with Gasteiger partial charge in [-0.1, -0.05) is 17.7 Å². The smallest absolute Gasteiger partial charge is 0.129 e. The zero-order chi connectivity index (χ0) is 8.39. The summed E-state index contributed by atoms with van der Waals surface area (Å²) in [5.74, 6) is 0. The number of nitrogens with zero attached hydrogens (tertiary/aromatic N) is 2. The molecule has 0 spiro atoms. The molecule has 1 saturated heterocycles. The SMILES string of the molecule is Clc1ccc(CN2CCC2)cn1. The van der Waals surface area contributed by atoms with Crippen molar-refractivity contribution < 1.29 is 0 Å². The predicted molar refractivity (Wildman–Crippen MR) is 49.1 cm³/mol. The fourth-order valence-corrected chi connectivity index (χ4v) is 1.41. The molecule has 1 aliphatic rings. The summed E-state index contributed by atoms with van der Waals surface area (Å²) in [6.45, 7) is 3.47. The minimum absolute atomic E-state index is 0.572. The van der Waals surface area contributed by atoms with Crippen molar-refractivity contribution in [2.45, 2.75) is 13.0 Å². The summed E-state index contributed by atoms with van der Waals surface area (Å²) in [4.78, 5) is 6.42. The first-order chi connectivity index (χ1) is 5.84. The molecule has 1 fully saturated rings. The molecule has 0 aromatic carbocycles. The molecule has 12 heavy (non-hydrogen) atoms. The van der Waals surface area contributed by atoms with E-state index in [0.29, 0.717) is 5.15 Å². The Morgan fingerprint density at radius 2 is 2.25 bits per heavy atom. The Labute approximate surface area is 77.2 Å². The molecule has 0 aliphatic carbocycles. The van der Waals surface area contributed by atoms with E-state index in [2.05, 4.69) is 9.88 Å². The second-order valence-corrected chi connectivity index (χ2v) is 3.51. The summed E-state index contributed by atoms with van der Waals surface area (Å²) in [6.07, 6.45) is 3.18. The number of hydrogen-bond donors (Lipinski definition) is 0. The van der Waals surface area contributed by atoms with Gasteiger partial charge in [0.05, 0.1) is 0 Å². The van der Waals surface area contributed by atoms with Crippen molar-refractivity contribution in [1.82, 2.24) is 9.88 Å². The van der Waals surface area contributed by atoms with Crippen LogP contribution in [0.5, 0.6) is 0 Å². The van der Waals surface area contributed by atoms with E-state index in [-0.39, 0.29) is 0 Å². The fraction of sp³-hybridized carbons (Fsp3) is 0.444. The zero-order valence-electron chi connectivity index (χ0n) is 6.83. The minimum atomic E-state index is 0.572. The number of rotatable bonds is 2. The molecule has 2 nitrogen and oxygen atoms in total.